The molecular formula is C20H28N8. The molecule has 2 aliphatic rings. The molecule has 4 heterocycles. The maximum atomic E-state index is 6.22. The molecule has 0 radical (unpaired) electrons. The van der Waals surface area contributed by atoms with Gasteiger partial charge in [0.2, 0.25) is 5.95 Å². The van der Waals surface area contributed by atoms with Crippen molar-refractivity contribution in [3.05, 3.63) is 42.4 Å². The van der Waals surface area contributed by atoms with Crippen LogP contribution in [-0.4, -0.2) is 65.1 Å². The molecule has 2 N–H and O–H groups in total. The lowest BCUT2D eigenvalue weighted by Gasteiger charge is -2.35. The second kappa shape index (κ2) is 8.86. The van der Waals surface area contributed by atoms with Crippen LogP contribution in [0, 0.1) is 0 Å². The molecule has 28 heavy (non-hydrogen) atoms. The Balaban J connectivity index is 1.29. The highest BCUT2D eigenvalue weighted by Gasteiger charge is 2.19. The van der Waals surface area contributed by atoms with Gasteiger partial charge in [-0.2, -0.15) is 0 Å². The van der Waals surface area contributed by atoms with Gasteiger partial charge in [-0.15, -0.1) is 0 Å². The second-order valence-corrected chi connectivity index (χ2v) is 7.27. The van der Waals surface area contributed by atoms with E-state index >= 15 is 0 Å². The highest BCUT2D eigenvalue weighted by atomic mass is 15.4. The minimum Gasteiger partial charge on any atom is -0.370 e. The molecule has 0 unspecified atom stereocenters. The lowest BCUT2D eigenvalue weighted by Crippen LogP contribution is -2.51. The Kier molecular flexibility index (Phi) is 5.84. The van der Waals surface area contributed by atoms with E-state index in [9.17, 15) is 0 Å². The Bertz CT molecular complexity index is 763. The molecule has 0 saturated carbocycles. The SMILES string of the molecule is NC(=NCc1ccc(N2CCCCC2)nc1)N1CCN(c2ncccn2)CC1. The van der Waals surface area contributed by atoms with Gasteiger partial charge in [0.1, 0.15) is 5.82 Å². The zero-order valence-corrected chi connectivity index (χ0v) is 16.2. The van der Waals surface area contributed by atoms with E-state index in [2.05, 4.69) is 46.8 Å². The zero-order valence-electron chi connectivity index (χ0n) is 16.2. The molecule has 2 saturated heterocycles. The highest BCUT2D eigenvalue weighted by molar-refractivity contribution is 5.78. The van der Waals surface area contributed by atoms with Crippen LogP contribution in [0.25, 0.3) is 0 Å². The van der Waals surface area contributed by atoms with Gasteiger partial charge in [-0.05, 0) is 37.0 Å². The number of aromatic nitrogens is 3. The Morgan fingerprint density at radius 2 is 1.64 bits per heavy atom. The van der Waals surface area contributed by atoms with Gasteiger partial charge in [-0.3, -0.25) is 0 Å². The number of piperazine rings is 1. The van der Waals surface area contributed by atoms with Crippen molar-refractivity contribution in [2.24, 2.45) is 10.7 Å². The average molecular weight is 381 g/mol. The quantitative estimate of drug-likeness (QED) is 0.635. The fourth-order valence-electron chi connectivity index (χ4n) is 3.68. The smallest absolute Gasteiger partial charge is 0.225 e. The van der Waals surface area contributed by atoms with Gasteiger partial charge in [-0.25, -0.2) is 19.9 Å². The second-order valence-electron chi connectivity index (χ2n) is 7.27. The first kappa shape index (κ1) is 18.5. The molecular weight excluding hydrogens is 352 g/mol. The van der Waals surface area contributed by atoms with E-state index in [0.29, 0.717) is 12.5 Å². The number of nitrogens with two attached hydrogens (primary N) is 1. The molecule has 0 spiro atoms. The normalized spacial score (nSPS) is 18.4. The maximum absolute atomic E-state index is 6.22. The lowest BCUT2D eigenvalue weighted by molar-refractivity contribution is 0.378. The Morgan fingerprint density at radius 1 is 0.893 bits per heavy atom. The molecule has 0 atom stereocenters. The van der Waals surface area contributed by atoms with E-state index in [1.54, 1.807) is 12.4 Å². The third-order valence-corrected chi connectivity index (χ3v) is 5.35. The first-order valence-corrected chi connectivity index (χ1v) is 10.1. The predicted octanol–water partition coefficient (Wildman–Crippen LogP) is 1.50. The summed E-state index contributed by atoms with van der Waals surface area (Å²) >= 11 is 0. The summed E-state index contributed by atoms with van der Waals surface area (Å²) in [5.41, 5.74) is 7.31. The first-order valence-electron chi connectivity index (χ1n) is 10.1. The maximum Gasteiger partial charge on any atom is 0.225 e. The topological polar surface area (TPSA) is 86.8 Å². The van der Waals surface area contributed by atoms with Gasteiger partial charge in [-0.1, -0.05) is 6.07 Å². The summed E-state index contributed by atoms with van der Waals surface area (Å²) in [7, 11) is 0. The number of nitrogens with zero attached hydrogens (tertiary/aromatic N) is 7. The fraction of sp³-hybridized carbons (Fsp3) is 0.500. The Labute approximate surface area is 166 Å². The summed E-state index contributed by atoms with van der Waals surface area (Å²) in [5, 5.41) is 0. The first-order chi connectivity index (χ1) is 13.8. The van der Waals surface area contributed by atoms with Crippen molar-refractivity contribution < 1.29 is 0 Å². The molecule has 2 aromatic rings. The van der Waals surface area contributed by atoms with Crippen LogP contribution in [0.4, 0.5) is 11.8 Å². The number of hydrogen-bond donors (Lipinski definition) is 1. The van der Waals surface area contributed by atoms with Gasteiger partial charge in [0.05, 0.1) is 6.54 Å². The van der Waals surface area contributed by atoms with Crippen molar-refractivity contribution in [3.8, 4) is 0 Å². The van der Waals surface area contributed by atoms with Crippen LogP contribution in [0.5, 0.6) is 0 Å². The van der Waals surface area contributed by atoms with Crippen molar-refractivity contribution in [1.29, 1.82) is 0 Å². The van der Waals surface area contributed by atoms with E-state index in [1.165, 1.54) is 19.3 Å². The summed E-state index contributed by atoms with van der Waals surface area (Å²) < 4.78 is 0. The van der Waals surface area contributed by atoms with Gasteiger partial charge < -0.3 is 20.4 Å². The number of piperidine rings is 1. The molecule has 2 aliphatic heterocycles. The fourth-order valence-corrected chi connectivity index (χ4v) is 3.68. The lowest BCUT2D eigenvalue weighted by atomic mass is 10.1. The summed E-state index contributed by atoms with van der Waals surface area (Å²) in [6.07, 6.45) is 9.31. The van der Waals surface area contributed by atoms with Crippen LogP contribution in [0.1, 0.15) is 24.8 Å². The van der Waals surface area contributed by atoms with Crippen molar-refractivity contribution in [2.45, 2.75) is 25.8 Å². The number of hydrogen-bond acceptors (Lipinski definition) is 6. The minimum absolute atomic E-state index is 0.557. The summed E-state index contributed by atoms with van der Waals surface area (Å²) in [6.45, 7) is 6.09. The third kappa shape index (κ3) is 4.49. The Morgan fingerprint density at radius 3 is 2.32 bits per heavy atom. The van der Waals surface area contributed by atoms with Gasteiger partial charge in [0.25, 0.3) is 0 Å². The van der Waals surface area contributed by atoms with Crippen LogP contribution < -0.4 is 15.5 Å². The number of guanidine groups is 1. The van der Waals surface area contributed by atoms with E-state index in [0.717, 1.165) is 56.6 Å². The molecule has 8 heteroatoms. The van der Waals surface area contributed by atoms with Crippen molar-refractivity contribution >= 4 is 17.7 Å². The van der Waals surface area contributed by atoms with Gasteiger partial charge in [0.15, 0.2) is 5.96 Å². The molecule has 8 nitrogen and oxygen atoms in total. The van der Waals surface area contributed by atoms with Crippen LogP contribution in [-0.2, 0) is 6.54 Å². The molecule has 148 valence electrons. The van der Waals surface area contributed by atoms with Gasteiger partial charge >= 0.3 is 0 Å². The summed E-state index contributed by atoms with van der Waals surface area (Å²) in [6, 6.07) is 6.04. The molecule has 0 aromatic carbocycles. The number of anilines is 2. The molecule has 0 bridgehead atoms. The van der Waals surface area contributed by atoms with E-state index in [1.807, 2.05) is 12.3 Å². The molecule has 0 aliphatic carbocycles. The van der Waals surface area contributed by atoms with Crippen LogP contribution >= 0.6 is 0 Å². The molecule has 2 fully saturated rings. The average Bonchev–Trinajstić information content (AvgIpc) is 2.79. The van der Waals surface area contributed by atoms with Crippen LogP contribution in [0.3, 0.4) is 0 Å². The van der Waals surface area contributed by atoms with Crippen LogP contribution in [0.2, 0.25) is 0 Å². The largest absolute Gasteiger partial charge is 0.370 e. The van der Waals surface area contributed by atoms with E-state index in [-0.39, 0.29) is 0 Å². The molecule has 0 amide bonds. The predicted molar refractivity (Wildman–Crippen MR) is 111 cm³/mol. The van der Waals surface area contributed by atoms with Crippen molar-refractivity contribution in [3.63, 3.8) is 0 Å². The summed E-state index contributed by atoms with van der Waals surface area (Å²) in [4.78, 5) is 24.5. The van der Waals surface area contributed by atoms with E-state index in [4.69, 9.17) is 5.73 Å². The number of aliphatic imine (C=N–C) groups is 1. The number of pyridine rings is 1. The monoisotopic (exact) mass is 380 g/mol. The third-order valence-electron chi connectivity index (χ3n) is 5.35. The molecule has 2 aromatic heterocycles. The zero-order chi connectivity index (χ0) is 19.2. The van der Waals surface area contributed by atoms with Crippen molar-refractivity contribution in [2.75, 3.05) is 49.1 Å². The molecule has 4 rings (SSSR count). The standard InChI is InChI=1S/C20H28N8/c21-19(27-11-13-28(14-12-27)20-22-7-4-8-23-20)25-16-17-5-6-18(24-15-17)26-9-2-1-3-10-26/h4-8,15H,1-3,9-14,16H2,(H2,21,25). The summed E-state index contributed by atoms with van der Waals surface area (Å²) in [5.74, 6) is 2.44. The van der Waals surface area contributed by atoms with Crippen LogP contribution in [0.15, 0.2) is 41.8 Å². The van der Waals surface area contributed by atoms with Crippen molar-refractivity contribution in [1.82, 2.24) is 19.9 Å². The van der Waals surface area contributed by atoms with E-state index < -0.39 is 0 Å². The number of rotatable bonds is 4. The highest BCUT2D eigenvalue weighted by Crippen LogP contribution is 2.17. The Hall–Kier alpha value is -2.90. The minimum atomic E-state index is 0.557. The van der Waals surface area contributed by atoms with Gasteiger partial charge in [0, 0.05) is 57.9 Å².